The van der Waals surface area contributed by atoms with Crippen molar-refractivity contribution in [2.45, 2.75) is 33.1 Å². The first-order valence-corrected chi connectivity index (χ1v) is 11.1. The van der Waals surface area contributed by atoms with E-state index >= 15 is 0 Å². The number of rotatable bonds is 11. The van der Waals surface area contributed by atoms with Gasteiger partial charge in [0.1, 0.15) is 0 Å². The summed E-state index contributed by atoms with van der Waals surface area (Å²) in [4.78, 5) is 60.6. The number of benzene rings is 2. The Morgan fingerprint density at radius 2 is 1.47 bits per heavy atom. The maximum atomic E-state index is 12.7. The van der Waals surface area contributed by atoms with Crippen molar-refractivity contribution in [1.29, 1.82) is 0 Å². The second-order valence-electron chi connectivity index (χ2n) is 7.56. The Kier molecular flexibility index (Phi) is 10.3. The zero-order chi connectivity index (χ0) is 26.7. The lowest BCUT2D eigenvalue weighted by molar-refractivity contribution is -0.116. The van der Waals surface area contributed by atoms with Crippen molar-refractivity contribution in [3.8, 4) is 0 Å². The van der Waals surface area contributed by atoms with Gasteiger partial charge in [-0.3, -0.25) is 19.8 Å². The predicted molar refractivity (Wildman–Crippen MR) is 134 cm³/mol. The Bertz CT molecular complexity index is 1170. The van der Waals surface area contributed by atoms with E-state index in [0.717, 1.165) is 19.8 Å². The second-order valence-corrected chi connectivity index (χ2v) is 7.56. The van der Waals surface area contributed by atoms with Crippen LogP contribution in [0.25, 0.3) is 0 Å². The standard InChI is InChI=1S/C25H28N4O7/c1-5-6-7-21(31)26-17-9-11-18(12-10-17)27-23(32)22(15(2)30)29-28-20-14-16(24(33)35-3)8-13-19(20)25(34)36-4/h8-14,28H,5-7H2,1-4H3,(H,26,31)(H,27,32)/b29-22-. The molecule has 36 heavy (non-hydrogen) atoms. The van der Waals surface area contributed by atoms with Crippen LogP contribution >= 0.6 is 0 Å². The van der Waals surface area contributed by atoms with E-state index in [1.807, 2.05) is 6.92 Å². The highest BCUT2D eigenvalue weighted by atomic mass is 16.5. The molecule has 0 unspecified atom stereocenters. The van der Waals surface area contributed by atoms with Crippen molar-refractivity contribution in [3.63, 3.8) is 0 Å². The Morgan fingerprint density at radius 1 is 0.861 bits per heavy atom. The monoisotopic (exact) mass is 496 g/mol. The smallest absolute Gasteiger partial charge is 0.340 e. The van der Waals surface area contributed by atoms with Crippen LogP contribution in [0.15, 0.2) is 47.6 Å². The molecule has 0 spiro atoms. The summed E-state index contributed by atoms with van der Waals surface area (Å²) in [5.41, 5.74) is 3.10. The summed E-state index contributed by atoms with van der Waals surface area (Å²) < 4.78 is 9.39. The molecule has 0 bridgehead atoms. The second kappa shape index (κ2) is 13.4. The number of hydrogen-bond acceptors (Lipinski definition) is 9. The topological polar surface area (TPSA) is 152 Å². The van der Waals surface area contributed by atoms with Crippen LogP contribution in [0.3, 0.4) is 0 Å². The van der Waals surface area contributed by atoms with Crippen molar-refractivity contribution >= 4 is 52.3 Å². The van der Waals surface area contributed by atoms with Gasteiger partial charge in [-0.2, -0.15) is 5.10 Å². The molecule has 0 saturated heterocycles. The highest BCUT2D eigenvalue weighted by molar-refractivity contribution is 6.67. The van der Waals surface area contributed by atoms with E-state index in [1.54, 1.807) is 24.3 Å². The van der Waals surface area contributed by atoms with Gasteiger partial charge in [0.25, 0.3) is 5.91 Å². The molecule has 0 aromatic heterocycles. The Labute approximate surface area is 208 Å². The van der Waals surface area contributed by atoms with Gasteiger partial charge in [0.2, 0.25) is 5.91 Å². The number of ether oxygens (including phenoxy) is 2. The third kappa shape index (κ3) is 7.76. The molecule has 3 N–H and O–H groups in total. The summed E-state index contributed by atoms with van der Waals surface area (Å²) in [5.74, 6) is -2.94. The van der Waals surface area contributed by atoms with E-state index in [2.05, 4.69) is 25.9 Å². The molecule has 2 aromatic carbocycles. The fourth-order valence-corrected chi connectivity index (χ4v) is 2.96. The van der Waals surface area contributed by atoms with Crippen molar-refractivity contribution in [3.05, 3.63) is 53.6 Å². The number of nitrogens with zero attached hydrogens (tertiary/aromatic N) is 1. The third-order valence-electron chi connectivity index (χ3n) is 4.87. The van der Waals surface area contributed by atoms with Crippen LogP contribution in [-0.2, 0) is 23.9 Å². The van der Waals surface area contributed by atoms with E-state index in [1.165, 1.54) is 32.4 Å². The predicted octanol–water partition coefficient (Wildman–Crippen LogP) is 3.38. The zero-order valence-corrected chi connectivity index (χ0v) is 20.5. The van der Waals surface area contributed by atoms with E-state index in [-0.39, 0.29) is 22.7 Å². The first kappa shape index (κ1) is 27.7. The van der Waals surface area contributed by atoms with E-state index in [0.29, 0.717) is 17.8 Å². The summed E-state index contributed by atoms with van der Waals surface area (Å²) in [6.45, 7) is 3.15. The molecule has 190 valence electrons. The molecular weight excluding hydrogens is 468 g/mol. The fraction of sp³-hybridized carbons (Fsp3) is 0.280. The molecule has 0 atom stereocenters. The average molecular weight is 497 g/mol. The first-order valence-electron chi connectivity index (χ1n) is 11.1. The molecule has 0 aliphatic heterocycles. The lowest BCUT2D eigenvalue weighted by Crippen LogP contribution is -2.29. The summed E-state index contributed by atoms with van der Waals surface area (Å²) in [5, 5.41) is 9.18. The van der Waals surface area contributed by atoms with Crippen molar-refractivity contribution < 1.29 is 33.4 Å². The number of amides is 2. The van der Waals surface area contributed by atoms with Gasteiger partial charge in [0, 0.05) is 24.7 Å². The number of nitrogens with one attached hydrogen (secondary N) is 3. The Morgan fingerprint density at radius 3 is 2.03 bits per heavy atom. The molecule has 2 aromatic rings. The summed E-state index contributed by atoms with van der Waals surface area (Å²) in [6, 6.07) is 10.3. The zero-order valence-electron chi connectivity index (χ0n) is 20.5. The highest BCUT2D eigenvalue weighted by Crippen LogP contribution is 2.20. The molecule has 0 saturated carbocycles. The van der Waals surface area contributed by atoms with Crippen LogP contribution < -0.4 is 16.1 Å². The number of hydrogen-bond donors (Lipinski definition) is 3. The number of hydrazone groups is 1. The number of carbonyl (C=O) groups excluding carboxylic acids is 5. The normalized spacial score (nSPS) is 10.7. The number of esters is 2. The minimum atomic E-state index is -0.807. The maximum absolute atomic E-state index is 12.7. The van der Waals surface area contributed by atoms with E-state index in [4.69, 9.17) is 4.74 Å². The van der Waals surface area contributed by atoms with Crippen molar-refractivity contribution in [2.75, 3.05) is 30.3 Å². The maximum Gasteiger partial charge on any atom is 0.340 e. The largest absolute Gasteiger partial charge is 0.465 e. The molecule has 2 amide bonds. The van der Waals surface area contributed by atoms with Gasteiger partial charge in [-0.05, 0) is 48.9 Å². The number of unbranched alkanes of at least 4 members (excludes halogenated alkanes) is 1. The van der Waals surface area contributed by atoms with Crippen LogP contribution in [0, 0.1) is 0 Å². The Balaban J connectivity index is 2.21. The minimum Gasteiger partial charge on any atom is -0.465 e. The molecule has 0 fully saturated rings. The first-order chi connectivity index (χ1) is 17.2. The van der Waals surface area contributed by atoms with Gasteiger partial charge in [0.15, 0.2) is 11.5 Å². The molecule has 0 radical (unpaired) electrons. The minimum absolute atomic E-state index is 0.0220. The molecular formula is C25H28N4O7. The van der Waals surface area contributed by atoms with Gasteiger partial charge in [0.05, 0.1) is 31.0 Å². The summed E-state index contributed by atoms with van der Waals surface area (Å²) in [7, 11) is 2.38. The molecule has 2 rings (SSSR count). The van der Waals surface area contributed by atoms with E-state index in [9.17, 15) is 24.0 Å². The van der Waals surface area contributed by atoms with Crippen LogP contribution in [0.5, 0.6) is 0 Å². The number of methoxy groups -OCH3 is 2. The average Bonchev–Trinajstić information content (AvgIpc) is 2.87. The number of carbonyl (C=O) groups is 5. The molecule has 0 heterocycles. The van der Waals surface area contributed by atoms with Crippen molar-refractivity contribution in [2.24, 2.45) is 5.10 Å². The lowest BCUT2D eigenvalue weighted by atomic mass is 10.1. The molecule has 11 nitrogen and oxygen atoms in total. The number of anilines is 3. The number of ketones is 1. The van der Waals surface area contributed by atoms with Crippen LogP contribution in [-0.4, -0.2) is 49.5 Å². The van der Waals surface area contributed by atoms with Crippen molar-refractivity contribution in [1.82, 2.24) is 0 Å². The van der Waals surface area contributed by atoms with Gasteiger partial charge in [-0.15, -0.1) is 0 Å². The Hall–Kier alpha value is -4.54. The highest BCUT2D eigenvalue weighted by Gasteiger charge is 2.20. The van der Waals surface area contributed by atoms with Gasteiger partial charge in [-0.25, -0.2) is 9.59 Å². The summed E-state index contributed by atoms with van der Waals surface area (Å²) in [6.07, 6.45) is 2.12. The van der Waals surface area contributed by atoms with E-state index < -0.39 is 29.3 Å². The fourth-order valence-electron chi connectivity index (χ4n) is 2.96. The molecule has 0 aliphatic rings. The van der Waals surface area contributed by atoms with Gasteiger partial charge >= 0.3 is 11.9 Å². The third-order valence-corrected chi connectivity index (χ3v) is 4.87. The summed E-state index contributed by atoms with van der Waals surface area (Å²) >= 11 is 0. The number of Topliss-reactive ketones (excluding diaryl/α,β-unsaturated/α-hetero) is 1. The van der Waals surface area contributed by atoms with Crippen LogP contribution in [0.4, 0.5) is 17.1 Å². The lowest BCUT2D eigenvalue weighted by Gasteiger charge is -2.11. The molecule has 0 aliphatic carbocycles. The van der Waals surface area contributed by atoms with Gasteiger partial charge in [-0.1, -0.05) is 13.3 Å². The molecule has 11 heteroatoms. The van der Waals surface area contributed by atoms with Crippen LogP contribution in [0.1, 0.15) is 53.8 Å². The van der Waals surface area contributed by atoms with Gasteiger partial charge < -0.3 is 20.1 Å². The van der Waals surface area contributed by atoms with Crippen LogP contribution in [0.2, 0.25) is 0 Å². The SMILES string of the molecule is CCCCC(=O)Nc1ccc(NC(=O)/C(=N\Nc2cc(C(=O)OC)ccc2C(=O)OC)C(C)=O)cc1. The quantitative estimate of drug-likeness (QED) is 0.185.